The first-order valence-corrected chi connectivity index (χ1v) is 11.3. The average molecular weight is 452 g/mol. The smallest absolute Gasteiger partial charge is 0.281 e. The Hall–Kier alpha value is -3.96. The summed E-state index contributed by atoms with van der Waals surface area (Å²) in [5.41, 5.74) is 8.17. The molecule has 0 aliphatic rings. The Bertz CT molecular complexity index is 1280. The number of aromatic nitrogens is 1. The topological polar surface area (TPSA) is 66.6 Å². The Balaban J connectivity index is 1.64. The molecule has 0 radical (unpaired) electrons. The molecule has 1 amide bonds. The van der Waals surface area contributed by atoms with Crippen LogP contribution in [0.3, 0.4) is 0 Å². The molecule has 0 fully saturated rings. The summed E-state index contributed by atoms with van der Waals surface area (Å²) in [6, 6.07) is 26.1. The van der Waals surface area contributed by atoms with Crippen molar-refractivity contribution in [1.82, 2.24) is 9.99 Å². The van der Waals surface area contributed by atoms with Crippen molar-refractivity contribution in [3.05, 3.63) is 124 Å². The lowest BCUT2D eigenvalue weighted by Crippen LogP contribution is -2.43. The number of carbonyl (C=O) groups excluding carboxylic acids is 1. The van der Waals surface area contributed by atoms with Crippen LogP contribution in [0.1, 0.15) is 39.2 Å². The summed E-state index contributed by atoms with van der Waals surface area (Å²) in [5.74, 6) is -0.621. The van der Waals surface area contributed by atoms with Crippen LogP contribution >= 0.6 is 0 Å². The Morgan fingerprint density at radius 1 is 0.853 bits per heavy atom. The highest BCUT2D eigenvalue weighted by Gasteiger charge is 2.39. The molecule has 0 aliphatic heterocycles. The Labute approximate surface area is 200 Å². The fourth-order valence-corrected chi connectivity index (χ4v) is 4.45. The third kappa shape index (κ3) is 4.18. The monoisotopic (exact) mass is 451 g/mol. The Morgan fingerprint density at radius 2 is 1.38 bits per heavy atom. The van der Waals surface area contributed by atoms with Crippen LogP contribution in [0.5, 0.6) is 0 Å². The molecule has 0 atom stereocenters. The fourth-order valence-electron chi connectivity index (χ4n) is 4.45. The highest BCUT2D eigenvalue weighted by atomic mass is 16.3. The number of aryl methyl sites for hydroxylation is 3. The van der Waals surface area contributed by atoms with Crippen LogP contribution in [-0.4, -0.2) is 21.8 Å². The molecule has 0 saturated carbocycles. The van der Waals surface area contributed by atoms with E-state index in [2.05, 4.69) is 54.1 Å². The number of benzene rings is 3. The minimum atomic E-state index is -1.87. The minimum absolute atomic E-state index is 0.474. The maximum atomic E-state index is 13.2. The van der Waals surface area contributed by atoms with Gasteiger partial charge >= 0.3 is 0 Å². The number of carbonyl (C=O) groups is 1. The molecule has 4 aromatic rings. The van der Waals surface area contributed by atoms with Crippen LogP contribution in [-0.2, 0) is 10.4 Å². The summed E-state index contributed by atoms with van der Waals surface area (Å²) < 4.78 is 2.21. The van der Waals surface area contributed by atoms with Crippen molar-refractivity contribution >= 4 is 12.1 Å². The molecule has 172 valence electrons. The van der Waals surface area contributed by atoms with Crippen LogP contribution in [0.25, 0.3) is 5.69 Å². The lowest BCUT2D eigenvalue weighted by molar-refractivity contribution is -0.136. The fraction of sp³-hybridized carbons (Fsp3) is 0.172. The van der Waals surface area contributed by atoms with E-state index in [1.807, 2.05) is 25.1 Å². The molecule has 5 heteroatoms. The van der Waals surface area contributed by atoms with Gasteiger partial charge in [0.2, 0.25) is 0 Å². The summed E-state index contributed by atoms with van der Waals surface area (Å²) >= 11 is 0. The summed E-state index contributed by atoms with van der Waals surface area (Å²) in [5, 5.41) is 15.8. The number of aliphatic hydroxyl groups is 1. The van der Waals surface area contributed by atoms with Crippen molar-refractivity contribution in [3.8, 4) is 5.69 Å². The average Bonchev–Trinajstić information content (AvgIpc) is 3.12. The SMILES string of the molecule is Cc1cccc(C)c1-n1c(C)cc(/C=N/NC(=O)C(O)(c2ccccc2)c2ccccc2)c1C. The van der Waals surface area contributed by atoms with E-state index < -0.39 is 11.5 Å². The standard InChI is InChI=1S/C29H29N3O2/c1-20-12-11-13-21(2)27(20)32-22(3)18-24(23(32)4)19-30-31-28(33)29(34,25-14-7-5-8-15-25)26-16-9-6-10-17-26/h5-19,34H,1-4H3,(H,31,33)/b30-19+. The van der Waals surface area contributed by atoms with E-state index in [1.54, 1.807) is 54.7 Å². The van der Waals surface area contributed by atoms with Gasteiger partial charge in [0, 0.05) is 17.0 Å². The number of nitrogens with one attached hydrogen (secondary N) is 1. The van der Waals surface area contributed by atoms with Crippen molar-refractivity contribution in [2.75, 3.05) is 0 Å². The third-order valence-corrected chi connectivity index (χ3v) is 6.21. The summed E-state index contributed by atoms with van der Waals surface area (Å²) in [7, 11) is 0. The van der Waals surface area contributed by atoms with Crippen LogP contribution in [0.4, 0.5) is 0 Å². The minimum Gasteiger partial charge on any atom is -0.372 e. The van der Waals surface area contributed by atoms with Crippen LogP contribution in [0, 0.1) is 27.7 Å². The molecule has 0 bridgehead atoms. The first-order chi connectivity index (χ1) is 16.3. The van der Waals surface area contributed by atoms with E-state index in [0.29, 0.717) is 11.1 Å². The molecule has 2 N–H and O–H groups in total. The van der Waals surface area contributed by atoms with Gasteiger partial charge in [-0.2, -0.15) is 5.10 Å². The van der Waals surface area contributed by atoms with Gasteiger partial charge < -0.3 is 9.67 Å². The molecule has 0 spiro atoms. The van der Waals surface area contributed by atoms with Crippen molar-refractivity contribution in [2.24, 2.45) is 5.10 Å². The van der Waals surface area contributed by atoms with E-state index in [0.717, 1.165) is 22.6 Å². The zero-order valence-electron chi connectivity index (χ0n) is 19.9. The van der Waals surface area contributed by atoms with Gasteiger partial charge in [-0.3, -0.25) is 4.79 Å². The van der Waals surface area contributed by atoms with Crippen LogP contribution in [0.2, 0.25) is 0 Å². The van der Waals surface area contributed by atoms with Gasteiger partial charge in [0.1, 0.15) is 0 Å². The molecule has 5 nitrogen and oxygen atoms in total. The zero-order chi connectivity index (χ0) is 24.3. The maximum Gasteiger partial charge on any atom is 0.281 e. The lowest BCUT2D eigenvalue weighted by atomic mass is 9.85. The number of hydrazone groups is 1. The normalized spacial score (nSPS) is 11.7. The summed E-state index contributed by atoms with van der Waals surface area (Å²) in [4.78, 5) is 13.2. The predicted octanol–water partition coefficient (Wildman–Crippen LogP) is 5.10. The van der Waals surface area contributed by atoms with E-state index >= 15 is 0 Å². The predicted molar refractivity (Wildman–Crippen MR) is 136 cm³/mol. The van der Waals surface area contributed by atoms with Gasteiger partial charge in [-0.15, -0.1) is 0 Å². The molecule has 1 heterocycles. The number of hydrogen-bond acceptors (Lipinski definition) is 3. The van der Waals surface area contributed by atoms with E-state index in [-0.39, 0.29) is 0 Å². The quantitative estimate of drug-likeness (QED) is 0.316. The molecule has 3 aromatic carbocycles. The zero-order valence-corrected chi connectivity index (χ0v) is 19.9. The second-order valence-electron chi connectivity index (χ2n) is 8.54. The van der Waals surface area contributed by atoms with Gasteiger partial charge in [-0.25, -0.2) is 5.43 Å². The van der Waals surface area contributed by atoms with Gasteiger partial charge in [-0.1, -0.05) is 78.9 Å². The number of hydrogen-bond donors (Lipinski definition) is 2. The van der Waals surface area contributed by atoms with Gasteiger partial charge in [-0.05, 0) is 56.0 Å². The number of amides is 1. The van der Waals surface area contributed by atoms with Crippen molar-refractivity contribution in [2.45, 2.75) is 33.3 Å². The molecule has 0 aliphatic carbocycles. The molecule has 34 heavy (non-hydrogen) atoms. The van der Waals surface area contributed by atoms with E-state index in [4.69, 9.17) is 0 Å². The summed E-state index contributed by atoms with van der Waals surface area (Å²) in [6.45, 7) is 8.29. The third-order valence-electron chi connectivity index (χ3n) is 6.21. The van der Waals surface area contributed by atoms with Crippen molar-refractivity contribution in [1.29, 1.82) is 0 Å². The molecule has 0 saturated heterocycles. The van der Waals surface area contributed by atoms with Crippen molar-refractivity contribution in [3.63, 3.8) is 0 Å². The van der Waals surface area contributed by atoms with Crippen molar-refractivity contribution < 1.29 is 9.90 Å². The maximum absolute atomic E-state index is 13.2. The Kier molecular flexibility index (Phi) is 6.48. The highest BCUT2D eigenvalue weighted by molar-refractivity contribution is 5.91. The van der Waals surface area contributed by atoms with Gasteiger partial charge in [0.05, 0.1) is 11.9 Å². The molecular weight excluding hydrogens is 422 g/mol. The second kappa shape index (κ2) is 9.49. The second-order valence-corrected chi connectivity index (χ2v) is 8.54. The highest BCUT2D eigenvalue weighted by Crippen LogP contribution is 2.30. The van der Waals surface area contributed by atoms with E-state index in [9.17, 15) is 9.90 Å². The van der Waals surface area contributed by atoms with Crippen LogP contribution < -0.4 is 5.43 Å². The summed E-state index contributed by atoms with van der Waals surface area (Å²) in [6.07, 6.45) is 1.63. The molecule has 1 aromatic heterocycles. The largest absolute Gasteiger partial charge is 0.372 e. The lowest BCUT2D eigenvalue weighted by Gasteiger charge is -2.27. The first-order valence-electron chi connectivity index (χ1n) is 11.3. The van der Waals surface area contributed by atoms with Gasteiger partial charge in [0.25, 0.3) is 5.91 Å². The van der Waals surface area contributed by atoms with Gasteiger partial charge in [0.15, 0.2) is 5.60 Å². The number of rotatable bonds is 6. The number of nitrogens with zero attached hydrogens (tertiary/aromatic N) is 2. The van der Waals surface area contributed by atoms with Crippen LogP contribution in [0.15, 0.2) is 90.0 Å². The Morgan fingerprint density at radius 3 is 1.91 bits per heavy atom. The molecule has 4 rings (SSSR count). The molecule has 0 unspecified atom stereocenters. The number of para-hydroxylation sites is 1. The first kappa shape index (κ1) is 23.2. The molecular formula is C29H29N3O2. The van der Waals surface area contributed by atoms with E-state index in [1.165, 1.54) is 11.1 Å².